The first-order valence-corrected chi connectivity index (χ1v) is 6.16. The van der Waals surface area contributed by atoms with Gasteiger partial charge >= 0.3 is 0 Å². The summed E-state index contributed by atoms with van der Waals surface area (Å²) in [4.78, 5) is 2.49. The molecule has 4 heteroatoms. The molecule has 0 saturated carbocycles. The molecule has 1 atom stereocenters. The fourth-order valence-corrected chi connectivity index (χ4v) is 2.32. The van der Waals surface area contributed by atoms with Crippen LogP contribution in [0.4, 0.5) is 0 Å². The van der Waals surface area contributed by atoms with Gasteiger partial charge in [-0.2, -0.15) is 0 Å². The molecule has 1 saturated heterocycles. The molecular weight excluding hydrogens is 202 g/mol. The zero-order valence-corrected chi connectivity index (χ0v) is 9.98. The normalized spacial score (nSPS) is 22.4. The Hall–Kier alpha value is -0.870. The zero-order valence-electron chi connectivity index (χ0n) is 9.98. The highest BCUT2D eigenvalue weighted by Gasteiger charge is 2.17. The Kier molecular flexibility index (Phi) is 4.36. The van der Waals surface area contributed by atoms with E-state index in [1.165, 1.54) is 32.2 Å². The maximum absolute atomic E-state index is 4.78. The number of hydrogen-bond acceptors (Lipinski definition) is 4. The first kappa shape index (κ1) is 11.6. The number of rotatable bonds is 5. The molecule has 1 aromatic heterocycles. The molecule has 0 radical (unpaired) electrons. The molecule has 0 spiro atoms. The van der Waals surface area contributed by atoms with Crippen molar-refractivity contribution >= 4 is 0 Å². The summed E-state index contributed by atoms with van der Waals surface area (Å²) < 4.78 is 4.78. The van der Waals surface area contributed by atoms with Crippen molar-refractivity contribution in [3.05, 3.63) is 18.0 Å². The van der Waals surface area contributed by atoms with Gasteiger partial charge in [-0.05, 0) is 39.4 Å². The summed E-state index contributed by atoms with van der Waals surface area (Å²) >= 11 is 0. The van der Waals surface area contributed by atoms with Gasteiger partial charge in [0.15, 0.2) is 0 Å². The number of hydrogen-bond donors (Lipinski definition) is 1. The Balaban J connectivity index is 1.60. The van der Waals surface area contributed by atoms with Gasteiger partial charge in [-0.25, -0.2) is 0 Å². The van der Waals surface area contributed by atoms with E-state index in [-0.39, 0.29) is 0 Å². The topological polar surface area (TPSA) is 41.3 Å². The lowest BCUT2D eigenvalue weighted by Crippen LogP contribution is -2.38. The van der Waals surface area contributed by atoms with Gasteiger partial charge in [0.1, 0.15) is 6.26 Å². The third-order valence-corrected chi connectivity index (χ3v) is 3.37. The summed E-state index contributed by atoms with van der Waals surface area (Å²) in [5.41, 5.74) is 0.983. The van der Waals surface area contributed by atoms with E-state index < -0.39 is 0 Å². The van der Waals surface area contributed by atoms with Gasteiger partial charge in [0, 0.05) is 18.7 Å². The minimum absolute atomic E-state index is 0.763. The van der Waals surface area contributed by atoms with Crippen LogP contribution in [-0.2, 0) is 6.54 Å². The minimum Gasteiger partial charge on any atom is -0.364 e. The number of nitrogens with one attached hydrogen (secondary N) is 1. The summed E-state index contributed by atoms with van der Waals surface area (Å²) in [7, 11) is 2.24. The smallest absolute Gasteiger partial charge is 0.124 e. The Bertz CT molecular complexity index is 286. The highest BCUT2D eigenvalue weighted by atomic mass is 16.5. The van der Waals surface area contributed by atoms with Crippen LogP contribution in [0, 0.1) is 0 Å². The van der Waals surface area contributed by atoms with Crippen LogP contribution in [0.3, 0.4) is 0 Å². The second kappa shape index (κ2) is 6.01. The van der Waals surface area contributed by atoms with Gasteiger partial charge in [-0.3, -0.25) is 0 Å². The van der Waals surface area contributed by atoms with Crippen molar-refractivity contribution in [1.82, 2.24) is 15.4 Å². The summed E-state index contributed by atoms with van der Waals surface area (Å²) in [5, 5.41) is 7.27. The Morgan fingerprint density at radius 3 is 3.25 bits per heavy atom. The van der Waals surface area contributed by atoms with Crippen LogP contribution in [0.15, 0.2) is 16.9 Å². The lowest BCUT2D eigenvalue weighted by molar-refractivity contribution is 0.175. The van der Waals surface area contributed by atoms with Crippen molar-refractivity contribution in [2.75, 3.05) is 20.1 Å². The average Bonchev–Trinajstić information content (AvgIpc) is 2.79. The van der Waals surface area contributed by atoms with Crippen LogP contribution in [-0.4, -0.2) is 36.2 Å². The highest BCUT2D eigenvalue weighted by Crippen LogP contribution is 2.17. The fourth-order valence-electron chi connectivity index (χ4n) is 2.32. The lowest BCUT2D eigenvalue weighted by atomic mass is 10.0. The van der Waals surface area contributed by atoms with Crippen LogP contribution in [0.1, 0.15) is 31.4 Å². The fraction of sp³-hybridized carbons (Fsp3) is 0.750. The SMILES string of the molecule is CN1CCCCC1CCNCc1ccon1. The van der Waals surface area contributed by atoms with Gasteiger partial charge < -0.3 is 14.7 Å². The second-order valence-electron chi connectivity index (χ2n) is 4.59. The van der Waals surface area contributed by atoms with Gasteiger partial charge in [0.2, 0.25) is 0 Å². The number of piperidine rings is 1. The Morgan fingerprint density at radius 1 is 1.56 bits per heavy atom. The molecule has 1 aliphatic heterocycles. The van der Waals surface area contributed by atoms with Crippen molar-refractivity contribution in [3.63, 3.8) is 0 Å². The van der Waals surface area contributed by atoms with E-state index in [2.05, 4.69) is 22.4 Å². The summed E-state index contributed by atoms with van der Waals surface area (Å²) in [6, 6.07) is 2.67. The van der Waals surface area contributed by atoms with Crippen molar-refractivity contribution in [2.24, 2.45) is 0 Å². The van der Waals surface area contributed by atoms with Crippen molar-refractivity contribution < 1.29 is 4.52 Å². The molecule has 0 bridgehead atoms. The molecule has 0 amide bonds. The molecule has 1 N–H and O–H groups in total. The number of likely N-dealkylation sites (tertiary alicyclic amines) is 1. The van der Waals surface area contributed by atoms with Crippen molar-refractivity contribution in [3.8, 4) is 0 Å². The Labute approximate surface area is 97.0 Å². The van der Waals surface area contributed by atoms with Crippen LogP contribution in [0.5, 0.6) is 0 Å². The van der Waals surface area contributed by atoms with E-state index in [1.807, 2.05) is 6.07 Å². The van der Waals surface area contributed by atoms with E-state index in [1.54, 1.807) is 6.26 Å². The van der Waals surface area contributed by atoms with E-state index >= 15 is 0 Å². The van der Waals surface area contributed by atoms with Crippen LogP contribution < -0.4 is 5.32 Å². The van der Waals surface area contributed by atoms with Gasteiger partial charge in [0.25, 0.3) is 0 Å². The van der Waals surface area contributed by atoms with E-state index in [4.69, 9.17) is 4.52 Å². The highest BCUT2D eigenvalue weighted by molar-refractivity contribution is 4.94. The molecule has 16 heavy (non-hydrogen) atoms. The second-order valence-corrected chi connectivity index (χ2v) is 4.59. The minimum atomic E-state index is 0.763. The summed E-state index contributed by atoms with van der Waals surface area (Å²) in [5.74, 6) is 0. The van der Waals surface area contributed by atoms with E-state index in [9.17, 15) is 0 Å². The van der Waals surface area contributed by atoms with E-state index in [0.717, 1.165) is 24.8 Å². The standard InChI is InChI=1S/C12H21N3O/c1-15-8-3-2-4-12(15)5-7-13-10-11-6-9-16-14-11/h6,9,12-13H,2-5,7-8,10H2,1H3. The summed E-state index contributed by atoms with van der Waals surface area (Å²) in [6.45, 7) is 3.13. The first-order chi connectivity index (χ1) is 7.86. The first-order valence-electron chi connectivity index (χ1n) is 6.16. The van der Waals surface area contributed by atoms with Crippen LogP contribution >= 0.6 is 0 Å². The molecule has 1 aromatic rings. The number of aromatic nitrogens is 1. The lowest BCUT2D eigenvalue weighted by Gasteiger charge is -2.32. The third kappa shape index (κ3) is 3.32. The number of nitrogens with zero attached hydrogens (tertiary/aromatic N) is 2. The molecule has 90 valence electrons. The van der Waals surface area contributed by atoms with Crippen molar-refractivity contribution in [1.29, 1.82) is 0 Å². The monoisotopic (exact) mass is 223 g/mol. The maximum Gasteiger partial charge on any atom is 0.124 e. The molecule has 2 rings (SSSR count). The predicted octanol–water partition coefficient (Wildman–Crippen LogP) is 1.64. The molecule has 2 heterocycles. The zero-order chi connectivity index (χ0) is 11.2. The Morgan fingerprint density at radius 2 is 2.50 bits per heavy atom. The largest absolute Gasteiger partial charge is 0.364 e. The molecule has 1 unspecified atom stereocenters. The predicted molar refractivity (Wildman–Crippen MR) is 63.1 cm³/mol. The maximum atomic E-state index is 4.78. The molecule has 1 aliphatic rings. The van der Waals surface area contributed by atoms with E-state index in [0.29, 0.717) is 0 Å². The summed E-state index contributed by atoms with van der Waals surface area (Å²) in [6.07, 6.45) is 6.94. The average molecular weight is 223 g/mol. The third-order valence-electron chi connectivity index (χ3n) is 3.37. The van der Waals surface area contributed by atoms with Gasteiger partial charge in [-0.15, -0.1) is 0 Å². The molecule has 0 aromatic carbocycles. The van der Waals surface area contributed by atoms with Crippen LogP contribution in [0.25, 0.3) is 0 Å². The van der Waals surface area contributed by atoms with Gasteiger partial charge in [0.05, 0.1) is 5.69 Å². The molecule has 0 aliphatic carbocycles. The molecule has 1 fully saturated rings. The van der Waals surface area contributed by atoms with Gasteiger partial charge in [-0.1, -0.05) is 11.6 Å². The van der Waals surface area contributed by atoms with Crippen LogP contribution in [0.2, 0.25) is 0 Å². The van der Waals surface area contributed by atoms with Crippen molar-refractivity contribution in [2.45, 2.75) is 38.3 Å². The quantitative estimate of drug-likeness (QED) is 0.770. The molecular formula is C12H21N3O. The molecule has 4 nitrogen and oxygen atoms in total.